The van der Waals surface area contributed by atoms with Crippen LogP contribution in [0.1, 0.15) is 131 Å². The van der Waals surface area contributed by atoms with Crippen molar-refractivity contribution in [3.05, 3.63) is 167 Å². The highest BCUT2D eigenvalue weighted by Crippen LogP contribution is 2.46. The molecular weight excluding hydrogens is 889 g/mol. The zero-order valence-electron chi connectivity index (χ0n) is 45.1. The van der Waals surface area contributed by atoms with E-state index in [1.54, 1.807) is 0 Å². The Morgan fingerprint density at radius 2 is 0.712 bits per heavy atom. The standard InChI is InChI=1S/C69H66N2O2/c1-38(2)63-64-55-30-40-16-22-48(71-58-25-19-45(68(9,10)11)35-51(58)52-36-46(69(12,13)14)20-26-59(52)71)28-42(40)32-61(55)72-62(64)37-54-53-29-39-15-21-47(27-41(39)31-60(53)73-65(54)63)70-56-23-17-43(66(3,4)5)33-49(56)50-34-44(67(6,7)8)18-24-57(50)70/h15-38H,1-14H3. The third-order valence-corrected chi connectivity index (χ3v) is 16.2. The molecule has 0 bridgehead atoms. The van der Waals surface area contributed by atoms with Crippen molar-refractivity contribution in [1.29, 1.82) is 0 Å². The second kappa shape index (κ2) is 15.1. The SMILES string of the molecule is CC(C)c1c2oc3cc4cc(-n5c6ccc(C(C)(C)C)cc6c6cc(C(C)(C)C)ccc65)ccc4cc3c2cc2oc3cc4cc(-n5c6ccc(C(C)(C)C)cc6c6cc(C(C)(C)C)ccc65)ccc4cc3c12. The molecule has 0 saturated heterocycles. The first-order valence-corrected chi connectivity index (χ1v) is 26.4. The molecule has 4 nitrogen and oxygen atoms in total. The van der Waals surface area contributed by atoms with Crippen LogP contribution in [0.4, 0.5) is 0 Å². The number of nitrogens with zero attached hydrogens (tertiary/aromatic N) is 2. The van der Waals surface area contributed by atoms with E-state index in [2.05, 4.69) is 246 Å². The quantitative estimate of drug-likeness (QED) is 0.177. The smallest absolute Gasteiger partial charge is 0.139 e. The average molecular weight is 955 g/mol. The Bertz CT molecular complexity index is 4180. The summed E-state index contributed by atoms with van der Waals surface area (Å²) in [5, 5.41) is 14.3. The molecule has 0 aliphatic carbocycles. The van der Waals surface area contributed by atoms with Crippen LogP contribution >= 0.6 is 0 Å². The third kappa shape index (κ3) is 6.99. The van der Waals surface area contributed by atoms with Gasteiger partial charge in [-0.3, -0.25) is 0 Å². The lowest BCUT2D eigenvalue weighted by atomic mass is 9.85. The normalized spacial score (nSPS) is 13.5. The van der Waals surface area contributed by atoms with Crippen LogP contribution in [-0.2, 0) is 21.7 Å². The molecule has 4 heterocycles. The summed E-state index contributed by atoms with van der Waals surface area (Å²) in [6, 6.07) is 53.4. The van der Waals surface area contributed by atoms with Crippen LogP contribution in [0.15, 0.2) is 148 Å². The Kier molecular flexibility index (Phi) is 9.45. The summed E-state index contributed by atoms with van der Waals surface area (Å²) in [5.74, 6) is 0.187. The van der Waals surface area contributed by atoms with Gasteiger partial charge in [-0.05, 0) is 175 Å². The lowest BCUT2D eigenvalue weighted by Gasteiger charge is -2.19. The maximum atomic E-state index is 7.06. The molecule has 0 fully saturated rings. The fourth-order valence-electron chi connectivity index (χ4n) is 12.0. The van der Waals surface area contributed by atoms with Gasteiger partial charge in [0.05, 0.1) is 22.1 Å². The number of furan rings is 2. The molecule has 0 saturated carbocycles. The Hall–Kier alpha value is -7.30. The van der Waals surface area contributed by atoms with Gasteiger partial charge in [0.1, 0.15) is 22.3 Å². The molecule has 0 aliphatic rings. The summed E-state index contributed by atoms with van der Waals surface area (Å²) in [6.45, 7) is 32.1. The van der Waals surface area contributed by atoms with Gasteiger partial charge in [-0.25, -0.2) is 0 Å². The number of benzene rings is 9. The average Bonchev–Trinajstić information content (AvgIpc) is 4.06. The van der Waals surface area contributed by atoms with Crippen molar-refractivity contribution in [3.63, 3.8) is 0 Å². The van der Waals surface area contributed by atoms with Crippen LogP contribution in [0.25, 0.3) is 120 Å². The maximum absolute atomic E-state index is 7.06. The molecule has 9 aromatic carbocycles. The van der Waals surface area contributed by atoms with Crippen molar-refractivity contribution < 1.29 is 8.83 Å². The van der Waals surface area contributed by atoms with E-state index in [0.29, 0.717) is 0 Å². The Balaban J connectivity index is 0.950. The van der Waals surface area contributed by atoms with Crippen LogP contribution < -0.4 is 0 Å². The highest BCUT2D eigenvalue weighted by Gasteiger charge is 2.26. The minimum atomic E-state index is 0.0420. The first kappa shape index (κ1) is 45.6. The summed E-state index contributed by atoms with van der Waals surface area (Å²) in [5.41, 5.74) is 17.5. The van der Waals surface area contributed by atoms with Gasteiger partial charge in [0.15, 0.2) is 0 Å². The molecule has 73 heavy (non-hydrogen) atoms. The van der Waals surface area contributed by atoms with Crippen LogP contribution in [-0.4, -0.2) is 9.13 Å². The lowest BCUT2D eigenvalue weighted by Crippen LogP contribution is -2.10. The van der Waals surface area contributed by atoms with E-state index in [0.717, 1.165) is 66.0 Å². The van der Waals surface area contributed by atoms with E-state index < -0.39 is 0 Å². The van der Waals surface area contributed by atoms with Crippen molar-refractivity contribution in [2.45, 2.75) is 125 Å². The van der Waals surface area contributed by atoms with Gasteiger partial charge in [0, 0.05) is 60.0 Å². The first-order chi connectivity index (χ1) is 34.5. The second-order valence-corrected chi connectivity index (χ2v) is 25.8. The van der Waals surface area contributed by atoms with Crippen molar-refractivity contribution >= 4 is 109 Å². The van der Waals surface area contributed by atoms with E-state index in [-0.39, 0.29) is 27.6 Å². The molecule has 364 valence electrons. The molecule has 0 spiro atoms. The van der Waals surface area contributed by atoms with Crippen molar-refractivity contribution in [1.82, 2.24) is 9.13 Å². The van der Waals surface area contributed by atoms with Gasteiger partial charge in [-0.2, -0.15) is 0 Å². The van der Waals surface area contributed by atoms with Crippen LogP contribution in [0.3, 0.4) is 0 Å². The highest BCUT2D eigenvalue weighted by atomic mass is 16.3. The number of rotatable bonds is 3. The fourth-order valence-corrected chi connectivity index (χ4v) is 12.0. The minimum Gasteiger partial charge on any atom is -0.456 e. The van der Waals surface area contributed by atoms with E-state index >= 15 is 0 Å². The van der Waals surface area contributed by atoms with Crippen molar-refractivity contribution in [2.75, 3.05) is 0 Å². The molecule has 13 aromatic rings. The number of aromatic nitrogens is 2. The summed E-state index contributed by atoms with van der Waals surface area (Å²) < 4.78 is 18.9. The van der Waals surface area contributed by atoms with Crippen molar-refractivity contribution in [2.24, 2.45) is 0 Å². The predicted octanol–water partition coefficient (Wildman–Crippen LogP) is 20.3. The molecule has 0 aliphatic heterocycles. The minimum absolute atomic E-state index is 0.0420. The van der Waals surface area contributed by atoms with Crippen LogP contribution in [0, 0.1) is 0 Å². The molecule has 4 heteroatoms. The fraction of sp³-hybridized carbons (Fsp3) is 0.275. The summed E-state index contributed by atoms with van der Waals surface area (Å²) in [7, 11) is 0. The van der Waals surface area contributed by atoms with Crippen molar-refractivity contribution in [3.8, 4) is 11.4 Å². The van der Waals surface area contributed by atoms with Crippen LogP contribution in [0.2, 0.25) is 0 Å². The number of hydrogen-bond acceptors (Lipinski definition) is 2. The van der Waals surface area contributed by atoms with E-state index in [9.17, 15) is 0 Å². The van der Waals surface area contributed by atoms with E-state index in [4.69, 9.17) is 8.83 Å². The molecule has 0 amide bonds. The van der Waals surface area contributed by atoms with Gasteiger partial charge in [0.25, 0.3) is 0 Å². The summed E-state index contributed by atoms with van der Waals surface area (Å²) >= 11 is 0. The Morgan fingerprint density at radius 3 is 1.10 bits per heavy atom. The van der Waals surface area contributed by atoms with Gasteiger partial charge < -0.3 is 18.0 Å². The number of fused-ring (bicyclic) bond motifs is 14. The number of hydrogen-bond donors (Lipinski definition) is 0. The van der Waals surface area contributed by atoms with Crippen LogP contribution in [0.5, 0.6) is 0 Å². The predicted molar refractivity (Wildman–Crippen MR) is 314 cm³/mol. The first-order valence-electron chi connectivity index (χ1n) is 26.4. The highest BCUT2D eigenvalue weighted by molar-refractivity contribution is 6.21. The largest absolute Gasteiger partial charge is 0.456 e. The molecule has 4 aromatic heterocycles. The van der Waals surface area contributed by atoms with E-state index in [1.807, 2.05) is 0 Å². The molecule has 0 radical (unpaired) electrons. The van der Waals surface area contributed by atoms with Gasteiger partial charge in [0.2, 0.25) is 0 Å². The molecule has 13 rings (SSSR count). The molecule has 0 N–H and O–H groups in total. The molecule has 0 atom stereocenters. The third-order valence-electron chi connectivity index (χ3n) is 16.2. The monoisotopic (exact) mass is 955 g/mol. The topological polar surface area (TPSA) is 36.1 Å². The summed E-state index contributed by atoms with van der Waals surface area (Å²) in [4.78, 5) is 0. The summed E-state index contributed by atoms with van der Waals surface area (Å²) in [6.07, 6.45) is 0. The van der Waals surface area contributed by atoms with E-state index in [1.165, 1.54) is 82.2 Å². The Morgan fingerprint density at radius 1 is 0.329 bits per heavy atom. The Labute approximate surface area is 428 Å². The molecule has 0 unspecified atom stereocenters. The lowest BCUT2D eigenvalue weighted by molar-refractivity contribution is 0.590. The zero-order chi connectivity index (χ0) is 51.0. The zero-order valence-corrected chi connectivity index (χ0v) is 45.1. The van der Waals surface area contributed by atoms with Gasteiger partial charge >= 0.3 is 0 Å². The van der Waals surface area contributed by atoms with Gasteiger partial charge in [-0.1, -0.05) is 133 Å². The van der Waals surface area contributed by atoms with Gasteiger partial charge in [-0.15, -0.1) is 0 Å². The maximum Gasteiger partial charge on any atom is 0.139 e. The molecular formula is C69H66N2O2. The second-order valence-electron chi connectivity index (χ2n) is 25.8.